The van der Waals surface area contributed by atoms with Crippen LogP contribution in [0, 0.1) is 0 Å². The molecule has 0 saturated carbocycles. The fourth-order valence-electron chi connectivity index (χ4n) is 4.49. The van der Waals surface area contributed by atoms with E-state index in [-0.39, 0.29) is 5.91 Å². The fraction of sp³-hybridized carbons (Fsp3) is 0.194. The number of hydrogen-bond acceptors (Lipinski definition) is 6. The Morgan fingerprint density at radius 1 is 0.868 bits per heavy atom. The molecule has 38 heavy (non-hydrogen) atoms. The van der Waals surface area contributed by atoms with Crippen molar-refractivity contribution in [2.45, 2.75) is 22.8 Å². The number of carbonyl (C=O) groups excluding carboxylic acids is 1. The summed E-state index contributed by atoms with van der Waals surface area (Å²) >= 11 is 1.68. The molecule has 1 amide bonds. The summed E-state index contributed by atoms with van der Waals surface area (Å²) in [5.74, 6) is 1.35. The Hall–Kier alpha value is -3.94. The quantitative estimate of drug-likeness (QED) is 0.220. The first-order chi connectivity index (χ1) is 18.5. The van der Waals surface area contributed by atoms with Crippen LogP contribution in [-0.2, 0) is 13.0 Å². The maximum atomic E-state index is 13.2. The highest BCUT2D eigenvalue weighted by Crippen LogP contribution is 2.45. The van der Waals surface area contributed by atoms with Crippen molar-refractivity contribution in [3.05, 3.63) is 102 Å². The van der Waals surface area contributed by atoms with Gasteiger partial charge >= 0.3 is 0 Å². The Morgan fingerprint density at radius 2 is 1.61 bits per heavy atom. The van der Waals surface area contributed by atoms with Crippen LogP contribution in [0.3, 0.4) is 0 Å². The van der Waals surface area contributed by atoms with Crippen molar-refractivity contribution in [1.29, 1.82) is 0 Å². The number of ether oxygens (including phenoxy) is 2. The predicted octanol–water partition coefficient (Wildman–Crippen LogP) is 6.84. The third kappa shape index (κ3) is 5.79. The summed E-state index contributed by atoms with van der Waals surface area (Å²) in [6.45, 7) is 1.72. The van der Waals surface area contributed by atoms with Gasteiger partial charge in [-0.15, -0.1) is 0 Å². The molecular formula is C31H31N3O3S. The van der Waals surface area contributed by atoms with Gasteiger partial charge in [-0.1, -0.05) is 48.2 Å². The molecule has 0 radical (unpaired) electrons. The molecule has 2 N–H and O–H groups in total. The first-order valence-corrected chi connectivity index (χ1v) is 13.3. The highest BCUT2D eigenvalue weighted by atomic mass is 32.2. The number of para-hydroxylation sites is 2. The summed E-state index contributed by atoms with van der Waals surface area (Å²) in [5, 5.41) is 6.50. The maximum absolute atomic E-state index is 13.2. The number of likely N-dealkylation sites (N-methyl/N-ethyl adjacent to an activating group) is 1. The molecule has 0 aromatic heterocycles. The molecule has 7 heteroatoms. The lowest BCUT2D eigenvalue weighted by Gasteiger charge is -2.22. The summed E-state index contributed by atoms with van der Waals surface area (Å²) in [5.41, 5.74) is 5.66. The van der Waals surface area contributed by atoms with Crippen molar-refractivity contribution in [2.75, 3.05) is 38.4 Å². The van der Waals surface area contributed by atoms with Crippen LogP contribution in [0.4, 0.5) is 17.1 Å². The van der Waals surface area contributed by atoms with Crippen LogP contribution in [0.25, 0.3) is 0 Å². The van der Waals surface area contributed by atoms with E-state index in [2.05, 4.69) is 46.8 Å². The van der Waals surface area contributed by atoms with Crippen molar-refractivity contribution < 1.29 is 14.3 Å². The Balaban J connectivity index is 1.17. The molecule has 1 heterocycles. The Labute approximate surface area is 228 Å². The highest BCUT2D eigenvalue weighted by Gasteiger charge is 2.21. The van der Waals surface area contributed by atoms with Gasteiger partial charge in [-0.05, 0) is 73.1 Å². The monoisotopic (exact) mass is 525 g/mol. The summed E-state index contributed by atoms with van der Waals surface area (Å²) in [4.78, 5) is 17.7. The van der Waals surface area contributed by atoms with Gasteiger partial charge in [0.05, 0.1) is 31.2 Å². The van der Waals surface area contributed by atoms with Gasteiger partial charge in [0.1, 0.15) is 0 Å². The number of hydrogen-bond donors (Lipinski definition) is 2. The van der Waals surface area contributed by atoms with Gasteiger partial charge < -0.3 is 25.0 Å². The maximum Gasteiger partial charge on any atom is 0.257 e. The zero-order valence-electron chi connectivity index (χ0n) is 21.8. The number of amides is 1. The summed E-state index contributed by atoms with van der Waals surface area (Å²) < 4.78 is 10.7. The molecule has 0 fully saturated rings. The second kappa shape index (κ2) is 11.6. The molecular weight excluding hydrogens is 494 g/mol. The van der Waals surface area contributed by atoms with E-state index < -0.39 is 0 Å². The average Bonchev–Trinajstić information content (AvgIpc) is 2.95. The lowest BCUT2D eigenvalue weighted by atomic mass is 10.1. The van der Waals surface area contributed by atoms with Gasteiger partial charge in [0.25, 0.3) is 5.91 Å². The lowest BCUT2D eigenvalue weighted by molar-refractivity contribution is 0.102. The van der Waals surface area contributed by atoms with Crippen LogP contribution < -0.4 is 20.1 Å². The molecule has 0 spiro atoms. The zero-order chi connectivity index (χ0) is 26.5. The van der Waals surface area contributed by atoms with E-state index >= 15 is 0 Å². The van der Waals surface area contributed by atoms with Crippen LogP contribution >= 0.6 is 11.8 Å². The first-order valence-electron chi connectivity index (χ1n) is 12.5. The van der Waals surface area contributed by atoms with Crippen LogP contribution in [0.5, 0.6) is 11.5 Å². The smallest absolute Gasteiger partial charge is 0.257 e. The van der Waals surface area contributed by atoms with E-state index in [1.54, 1.807) is 26.0 Å². The van der Waals surface area contributed by atoms with Crippen molar-refractivity contribution in [3.63, 3.8) is 0 Å². The van der Waals surface area contributed by atoms with Crippen LogP contribution in [0.15, 0.2) is 94.7 Å². The number of methoxy groups -OCH3 is 2. The van der Waals surface area contributed by atoms with E-state index in [1.807, 2.05) is 60.7 Å². The van der Waals surface area contributed by atoms with E-state index in [0.717, 1.165) is 57.9 Å². The summed E-state index contributed by atoms with van der Waals surface area (Å²) in [6.07, 6.45) is 0.908. The third-order valence-electron chi connectivity index (χ3n) is 6.53. The number of carbonyl (C=O) groups is 1. The molecule has 0 saturated heterocycles. The third-order valence-corrected chi connectivity index (χ3v) is 7.67. The number of rotatable bonds is 9. The molecule has 4 aromatic rings. The minimum absolute atomic E-state index is 0.128. The number of nitrogens with zero attached hydrogens (tertiary/aromatic N) is 1. The van der Waals surface area contributed by atoms with E-state index in [9.17, 15) is 4.79 Å². The first kappa shape index (κ1) is 25.7. The van der Waals surface area contributed by atoms with Crippen molar-refractivity contribution in [3.8, 4) is 11.5 Å². The van der Waals surface area contributed by atoms with Gasteiger partial charge in [-0.25, -0.2) is 0 Å². The van der Waals surface area contributed by atoms with Crippen LogP contribution in [0.1, 0.15) is 21.5 Å². The number of nitrogens with one attached hydrogen (secondary N) is 2. The standard InChI is InChI=1S/C31H31N3O3S/c1-34(20-22-13-16-26(36-2)27(19-22)37-3)18-17-21-11-14-23(15-12-21)32-31(35)24-7-6-10-29-30(24)33-25-8-4-5-9-28(25)38-29/h4-16,19,33H,17-18,20H2,1-3H3,(H,32,35). The summed E-state index contributed by atoms with van der Waals surface area (Å²) in [6, 6.07) is 28.1. The molecule has 194 valence electrons. The molecule has 0 unspecified atom stereocenters. The SMILES string of the molecule is COc1ccc(CN(C)CCc2ccc(NC(=O)c3cccc4c3Nc3ccccc3S4)cc2)cc1OC. The van der Waals surface area contributed by atoms with Crippen LogP contribution in [0.2, 0.25) is 0 Å². The van der Waals surface area contributed by atoms with Crippen molar-refractivity contribution >= 4 is 34.7 Å². The van der Waals surface area contributed by atoms with Gasteiger partial charge in [0, 0.05) is 28.6 Å². The zero-order valence-corrected chi connectivity index (χ0v) is 22.6. The summed E-state index contributed by atoms with van der Waals surface area (Å²) in [7, 11) is 5.40. The molecule has 4 aromatic carbocycles. The van der Waals surface area contributed by atoms with Crippen molar-refractivity contribution in [2.24, 2.45) is 0 Å². The fourth-order valence-corrected chi connectivity index (χ4v) is 5.51. The molecule has 0 aliphatic carbocycles. The molecule has 1 aliphatic rings. The largest absolute Gasteiger partial charge is 0.493 e. The topological polar surface area (TPSA) is 62.8 Å². The molecule has 1 aliphatic heterocycles. The normalized spacial score (nSPS) is 11.8. The van der Waals surface area contributed by atoms with E-state index in [0.29, 0.717) is 5.56 Å². The molecule has 0 atom stereocenters. The van der Waals surface area contributed by atoms with Gasteiger partial charge in [0.2, 0.25) is 0 Å². The number of fused-ring (bicyclic) bond motifs is 2. The highest BCUT2D eigenvalue weighted by molar-refractivity contribution is 7.99. The number of anilines is 3. The molecule has 5 rings (SSSR count). The van der Waals surface area contributed by atoms with E-state index in [1.165, 1.54) is 11.1 Å². The second-order valence-electron chi connectivity index (χ2n) is 9.23. The Morgan fingerprint density at radius 3 is 2.39 bits per heavy atom. The van der Waals surface area contributed by atoms with E-state index in [4.69, 9.17) is 9.47 Å². The Bertz CT molecular complexity index is 1440. The average molecular weight is 526 g/mol. The lowest BCUT2D eigenvalue weighted by Crippen LogP contribution is -2.20. The molecule has 0 bridgehead atoms. The van der Waals surface area contributed by atoms with Gasteiger partial charge in [-0.3, -0.25) is 4.79 Å². The molecule has 6 nitrogen and oxygen atoms in total. The van der Waals surface area contributed by atoms with Gasteiger partial charge in [0.15, 0.2) is 11.5 Å². The van der Waals surface area contributed by atoms with Crippen LogP contribution in [-0.4, -0.2) is 38.6 Å². The minimum Gasteiger partial charge on any atom is -0.493 e. The Kier molecular flexibility index (Phi) is 7.86. The van der Waals surface area contributed by atoms with Gasteiger partial charge in [-0.2, -0.15) is 0 Å². The number of benzene rings is 4. The second-order valence-corrected chi connectivity index (χ2v) is 10.3. The van der Waals surface area contributed by atoms with Crippen molar-refractivity contribution in [1.82, 2.24) is 4.90 Å². The minimum atomic E-state index is -0.128. The predicted molar refractivity (Wildman–Crippen MR) is 154 cm³/mol.